The Morgan fingerprint density at radius 1 is 1.07 bits per heavy atom. The second-order valence-electron chi connectivity index (χ2n) is 12.4. The van der Waals surface area contributed by atoms with Crippen molar-refractivity contribution < 1.29 is 9.90 Å². The first-order chi connectivity index (χ1) is 20.3. The summed E-state index contributed by atoms with van der Waals surface area (Å²) in [5, 5.41) is 42.7. The Balaban J connectivity index is 1.22. The van der Waals surface area contributed by atoms with E-state index in [1.807, 2.05) is 28.9 Å². The molecule has 3 N–H and O–H groups in total. The second-order valence-corrected chi connectivity index (χ2v) is 13.4. The fourth-order valence-electron chi connectivity index (χ4n) is 7.04. The third-order valence-corrected chi connectivity index (χ3v) is 10.7. The molecule has 10 nitrogen and oxygen atoms in total. The lowest BCUT2D eigenvalue weighted by molar-refractivity contribution is -0.119. The van der Waals surface area contributed by atoms with Gasteiger partial charge in [0.1, 0.15) is 11.1 Å². The Morgan fingerprint density at radius 2 is 1.83 bits per heavy atom. The Bertz CT molecular complexity index is 1670. The fourth-order valence-corrected chi connectivity index (χ4v) is 8.08. The first-order valence-corrected chi connectivity index (χ1v) is 15.6. The molecular formula is C31H34N8O2S. The summed E-state index contributed by atoms with van der Waals surface area (Å²) in [4.78, 5) is 16.3. The van der Waals surface area contributed by atoms with Crippen LogP contribution in [0, 0.1) is 11.3 Å². The average Bonchev–Trinajstić information content (AvgIpc) is 3.66. The average molecular weight is 583 g/mol. The van der Waals surface area contributed by atoms with Crippen LogP contribution < -0.4 is 10.6 Å². The number of nitrogens with zero attached hydrogens (tertiary/aromatic N) is 6. The highest BCUT2D eigenvalue weighted by atomic mass is 32.1. The molecule has 2 bridgehead atoms. The van der Waals surface area contributed by atoms with Gasteiger partial charge in [-0.25, -0.2) is 4.52 Å². The van der Waals surface area contributed by atoms with E-state index in [0.29, 0.717) is 11.5 Å². The molecule has 1 amide bonds. The largest absolute Gasteiger partial charge is 0.390 e. The van der Waals surface area contributed by atoms with E-state index in [1.165, 1.54) is 0 Å². The highest BCUT2D eigenvalue weighted by Crippen LogP contribution is 2.49. The molecule has 4 saturated carbocycles. The lowest BCUT2D eigenvalue weighted by Crippen LogP contribution is -2.53. The van der Waals surface area contributed by atoms with Crippen LogP contribution in [-0.4, -0.2) is 53.0 Å². The van der Waals surface area contributed by atoms with Gasteiger partial charge in [-0.3, -0.25) is 9.78 Å². The Hall–Kier alpha value is -3.88. The molecule has 0 aliphatic heterocycles. The third-order valence-electron chi connectivity index (χ3n) is 9.56. The minimum Gasteiger partial charge on any atom is -0.390 e. The van der Waals surface area contributed by atoms with Crippen molar-refractivity contribution in [2.45, 2.75) is 94.2 Å². The second kappa shape index (κ2) is 10.4. The number of nitrogens with one attached hydrogen (secondary N) is 2. The third kappa shape index (κ3) is 5.03. The molecule has 4 aromatic rings. The zero-order valence-electron chi connectivity index (χ0n) is 23.6. The zero-order valence-corrected chi connectivity index (χ0v) is 24.5. The maximum absolute atomic E-state index is 11.5. The summed E-state index contributed by atoms with van der Waals surface area (Å²) in [7, 11) is 0. The summed E-state index contributed by atoms with van der Waals surface area (Å²) in [5.41, 5.74) is 4.28. The van der Waals surface area contributed by atoms with Gasteiger partial charge in [0, 0.05) is 36.3 Å². The molecule has 0 unspecified atom stereocenters. The SMILES string of the molecule is CC(=O)NC1CCC(c2nnc(-c3cnc(-c4ccc5cc(C#N)cnn45)cc3NC34CCC(O)(CC3)CC4)s2)CC1. The number of carbonyl (C=O) groups is 1. The van der Waals surface area contributed by atoms with Gasteiger partial charge < -0.3 is 15.7 Å². The van der Waals surface area contributed by atoms with Crippen LogP contribution in [-0.2, 0) is 4.79 Å². The molecule has 42 heavy (non-hydrogen) atoms. The zero-order chi connectivity index (χ0) is 28.9. The number of nitriles is 1. The van der Waals surface area contributed by atoms with Gasteiger partial charge in [0.25, 0.3) is 0 Å². The minimum absolute atomic E-state index is 0.0311. The number of rotatable bonds is 6. The van der Waals surface area contributed by atoms with Gasteiger partial charge in [-0.1, -0.05) is 11.3 Å². The minimum atomic E-state index is -0.512. The number of pyridine rings is 1. The van der Waals surface area contributed by atoms with Crippen LogP contribution in [0.2, 0.25) is 0 Å². The number of hydrogen-bond donors (Lipinski definition) is 3. The molecule has 0 spiro atoms. The molecule has 4 aromatic heterocycles. The molecular weight excluding hydrogens is 548 g/mol. The number of amides is 1. The first-order valence-electron chi connectivity index (χ1n) is 14.8. The van der Waals surface area contributed by atoms with Gasteiger partial charge in [0.2, 0.25) is 5.91 Å². The van der Waals surface area contributed by atoms with E-state index >= 15 is 0 Å². The van der Waals surface area contributed by atoms with Crippen LogP contribution in [0.4, 0.5) is 5.69 Å². The molecule has 4 aliphatic rings. The van der Waals surface area contributed by atoms with E-state index in [4.69, 9.17) is 4.98 Å². The van der Waals surface area contributed by atoms with Crippen molar-refractivity contribution in [3.05, 3.63) is 47.2 Å². The highest BCUT2D eigenvalue weighted by molar-refractivity contribution is 7.14. The lowest BCUT2D eigenvalue weighted by atomic mass is 9.63. The summed E-state index contributed by atoms with van der Waals surface area (Å²) >= 11 is 1.63. The van der Waals surface area contributed by atoms with Gasteiger partial charge >= 0.3 is 0 Å². The van der Waals surface area contributed by atoms with Crippen LogP contribution in [0.3, 0.4) is 0 Å². The van der Waals surface area contributed by atoms with Gasteiger partial charge in [0.05, 0.1) is 39.8 Å². The van der Waals surface area contributed by atoms with Crippen LogP contribution in [0.5, 0.6) is 0 Å². The molecule has 0 atom stereocenters. The molecule has 0 aromatic carbocycles. The predicted octanol–water partition coefficient (Wildman–Crippen LogP) is 5.20. The summed E-state index contributed by atoms with van der Waals surface area (Å²) < 4.78 is 1.81. The maximum Gasteiger partial charge on any atom is 0.217 e. The Labute approximate surface area is 248 Å². The van der Waals surface area contributed by atoms with E-state index in [2.05, 4.69) is 38.1 Å². The summed E-state index contributed by atoms with van der Waals surface area (Å²) in [5.74, 6) is 0.373. The van der Waals surface area contributed by atoms with Crippen molar-refractivity contribution in [1.29, 1.82) is 5.26 Å². The number of anilines is 1. The number of carbonyl (C=O) groups excluding carboxylic acids is 1. The molecule has 0 saturated heterocycles. The van der Waals surface area contributed by atoms with E-state index < -0.39 is 5.60 Å². The number of fused-ring (bicyclic) bond motifs is 4. The monoisotopic (exact) mass is 582 g/mol. The molecule has 0 radical (unpaired) electrons. The molecule has 4 heterocycles. The van der Waals surface area contributed by atoms with E-state index in [-0.39, 0.29) is 17.5 Å². The molecule has 11 heteroatoms. The quantitative estimate of drug-likeness (QED) is 0.282. The van der Waals surface area contributed by atoms with Gasteiger partial charge in [-0.2, -0.15) is 10.4 Å². The van der Waals surface area contributed by atoms with Crippen molar-refractivity contribution in [2.75, 3.05) is 5.32 Å². The van der Waals surface area contributed by atoms with Crippen molar-refractivity contribution in [1.82, 2.24) is 30.1 Å². The first kappa shape index (κ1) is 27.0. The van der Waals surface area contributed by atoms with E-state index in [0.717, 1.165) is 102 Å². The van der Waals surface area contributed by atoms with E-state index in [1.54, 1.807) is 24.5 Å². The number of aliphatic hydroxyl groups is 1. The van der Waals surface area contributed by atoms with E-state index in [9.17, 15) is 15.2 Å². The topological polar surface area (TPSA) is 141 Å². The highest BCUT2D eigenvalue weighted by Gasteiger charge is 2.48. The van der Waals surface area contributed by atoms with Crippen molar-refractivity contribution in [3.8, 4) is 28.0 Å². The lowest BCUT2D eigenvalue weighted by Gasteiger charge is -2.51. The van der Waals surface area contributed by atoms with Crippen LogP contribution in [0.25, 0.3) is 27.5 Å². The van der Waals surface area contributed by atoms with Crippen molar-refractivity contribution in [3.63, 3.8) is 0 Å². The van der Waals surface area contributed by atoms with Crippen LogP contribution >= 0.6 is 11.3 Å². The predicted molar refractivity (Wildman–Crippen MR) is 160 cm³/mol. The summed E-state index contributed by atoms with van der Waals surface area (Å²) in [6.07, 6.45) is 12.5. The summed E-state index contributed by atoms with van der Waals surface area (Å²) in [6.45, 7) is 1.58. The van der Waals surface area contributed by atoms with Crippen LogP contribution in [0.15, 0.2) is 36.7 Å². The normalized spacial score (nSPS) is 27.1. The Kier molecular flexibility index (Phi) is 6.71. The summed E-state index contributed by atoms with van der Waals surface area (Å²) in [6, 6.07) is 10.2. The smallest absolute Gasteiger partial charge is 0.217 e. The van der Waals surface area contributed by atoms with Gasteiger partial charge in [-0.15, -0.1) is 10.2 Å². The molecule has 216 valence electrons. The Morgan fingerprint density at radius 3 is 2.55 bits per heavy atom. The molecule has 4 fully saturated rings. The standard InChI is InChI=1S/C31H34N8O2S/c1-19(40)35-22-4-2-21(3-5-22)28-37-38-29(42-28)24-18-33-26(27-7-6-23-14-20(16-32)17-34-39(23)27)15-25(24)36-30-8-11-31(41,12-9-30)13-10-30/h6-7,14-15,17-18,21-22,41H,2-5,8-13H2,1H3,(H,33,36)(H,35,40). The number of aromatic nitrogens is 5. The van der Waals surface area contributed by atoms with Gasteiger partial charge in [0.15, 0.2) is 5.01 Å². The van der Waals surface area contributed by atoms with Gasteiger partial charge in [-0.05, 0) is 88.5 Å². The maximum atomic E-state index is 11.5. The molecule has 8 rings (SSSR count). The van der Waals surface area contributed by atoms with Crippen molar-refractivity contribution in [2.24, 2.45) is 0 Å². The van der Waals surface area contributed by atoms with Crippen molar-refractivity contribution >= 4 is 28.4 Å². The fraction of sp³-hybridized carbons (Fsp3) is 0.484. The molecule has 4 aliphatic carbocycles. The number of hydrogen-bond acceptors (Lipinski definition) is 9. The van der Waals surface area contributed by atoms with Crippen LogP contribution in [0.1, 0.15) is 87.6 Å².